The predicted molar refractivity (Wildman–Crippen MR) is 78.4 cm³/mol. The summed E-state index contributed by atoms with van der Waals surface area (Å²) >= 11 is 0. The average Bonchev–Trinajstić information content (AvgIpc) is 2.92. The molecular formula is C15H27N3O. The molecule has 1 N–H and O–H groups in total. The summed E-state index contributed by atoms with van der Waals surface area (Å²) in [5.41, 5.74) is 1.41. The molecular weight excluding hydrogens is 238 g/mol. The molecule has 0 amide bonds. The van der Waals surface area contributed by atoms with Gasteiger partial charge in [0.25, 0.3) is 0 Å². The number of hydrogen-bond donors (Lipinski definition) is 1. The molecule has 0 bridgehead atoms. The summed E-state index contributed by atoms with van der Waals surface area (Å²) in [5.74, 6) is 0. The predicted octanol–water partition coefficient (Wildman–Crippen LogP) is 1.88. The van der Waals surface area contributed by atoms with Crippen molar-refractivity contribution in [2.45, 2.75) is 32.9 Å². The summed E-state index contributed by atoms with van der Waals surface area (Å²) in [5, 5.41) is 3.53. The number of ether oxygens (including phenoxy) is 1. The SMILES string of the molecule is CCNC(CC)c1ccn(CCN2CCOCC2)c1. The van der Waals surface area contributed by atoms with E-state index in [4.69, 9.17) is 4.74 Å². The van der Waals surface area contributed by atoms with E-state index in [1.54, 1.807) is 0 Å². The maximum absolute atomic E-state index is 5.37. The molecule has 108 valence electrons. The molecule has 1 fully saturated rings. The molecule has 4 nitrogen and oxygen atoms in total. The topological polar surface area (TPSA) is 29.4 Å². The fourth-order valence-electron chi connectivity index (χ4n) is 2.63. The molecule has 1 aromatic rings. The zero-order chi connectivity index (χ0) is 13.5. The Hall–Kier alpha value is -0.840. The average molecular weight is 265 g/mol. The minimum atomic E-state index is 0.495. The zero-order valence-electron chi connectivity index (χ0n) is 12.3. The summed E-state index contributed by atoms with van der Waals surface area (Å²) in [7, 11) is 0. The van der Waals surface area contributed by atoms with Crippen LogP contribution in [0.2, 0.25) is 0 Å². The van der Waals surface area contributed by atoms with Crippen molar-refractivity contribution in [3.05, 3.63) is 24.0 Å². The van der Waals surface area contributed by atoms with E-state index in [0.717, 1.165) is 52.4 Å². The molecule has 2 heterocycles. The van der Waals surface area contributed by atoms with Crippen LogP contribution in [0.3, 0.4) is 0 Å². The van der Waals surface area contributed by atoms with Crippen molar-refractivity contribution in [3.63, 3.8) is 0 Å². The Morgan fingerprint density at radius 2 is 2.05 bits per heavy atom. The molecule has 19 heavy (non-hydrogen) atoms. The minimum Gasteiger partial charge on any atom is -0.379 e. The van der Waals surface area contributed by atoms with Gasteiger partial charge >= 0.3 is 0 Å². The van der Waals surface area contributed by atoms with E-state index < -0.39 is 0 Å². The van der Waals surface area contributed by atoms with Crippen LogP contribution < -0.4 is 5.32 Å². The van der Waals surface area contributed by atoms with E-state index in [1.165, 1.54) is 5.56 Å². The fraction of sp³-hybridized carbons (Fsp3) is 0.733. The maximum atomic E-state index is 5.37. The smallest absolute Gasteiger partial charge is 0.0594 e. The first kappa shape index (κ1) is 14.6. The lowest BCUT2D eigenvalue weighted by atomic mass is 10.1. The first-order valence-electron chi connectivity index (χ1n) is 7.52. The summed E-state index contributed by atoms with van der Waals surface area (Å²) in [6.07, 6.45) is 5.63. The highest BCUT2D eigenvalue weighted by molar-refractivity contribution is 5.15. The van der Waals surface area contributed by atoms with Crippen molar-refractivity contribution in [1.29, 1.82) is 0 Å². The van der Waals surface area contributed by atoms with Crippen LogP contribution in [-0.4, -0.2) is 48.9 Å². The molecule has 0 saturated carbocycles. The molecule has 0 aromatic carbocycles. The van der Waals surface area contributed by atoms with Gasteiger partial charge in [0.1, 0.15) is 0 Å². The van der Waals surface area contributed by atoms with Crippen LogP contribution in [0.15, 0.2) is 18.5 Å². The first-order valence-corrected chi connectivity index (χ1v) is 7.52. The van der Waals surface area contributed by atoms with Gasteiger partial charge in [0.15, 0.2) is 0 Å². The maximum Gasteiger partial charge on any atom is 0.0594 e. The quantitative estimate of drug-likeness (QED) is 0.816. The third-order valence-electron chi connectivity index (χ3n) is 3.81. The number of nitrogens with zero attached hydrogens (tertiary/aromatic N) is 2. The second kappa shape index (κ2) is 7.68. The van der Waals surface area contributed by atoms with Gasteiger partial charge in [0.2, 0.25) is 0 Å². The Morgan fingerprint density at radius 3 is 2.74 bits per heavy atom. The summed E-state index contributed by atoms with van der Waals surface area (Å²) < 4.78 is 7.68. The van der Waals surface area contributed by atoms with Gasteiger partial charge in [-0.05, 0) is 24.6 Å². The van der Waals surface area contributed by atoms with Crippen molar-refractivity contribution < 1.29 is 4.74 Å². The van der Waals surface area contributed by atoms with Gasteiger partial charge in [-0.25, -0.2) is 0 Å². The van der Waals surface area contributed by atoms with Crippen LogP contribution in [0.5, 0.6) is 0 Å². The second-order valence-corrected chi connectivity index (χ2v) is 5.16. The van der Waals surface area contributed by atoms with Crippen LogP contribution in [0.4, 0.5) is 0 Å². The van der Waals surface area contributed by atoms with Gasteiger partial charge in [0, 0.05) is 44.6 Å². The Bertz CT molecular complexity index is 358. The first-order chi connectivity index (χ1) is 9.33. The molecule has 4 heteroatoms. The lowest BCUT2D eigenvalue weighted by molar-refractivity contribution is 0.0364. The van der Waals surface area contributed by atoms with E-state index in [1.807, 2.05) is 0 Å². The van der Waals surface area contributed by atoms with Crippen LogP contribution in [0.1, 0.15) is 31.9 Å². The zero-order valence-corrected chi connectivity index (χ0v) is 12.3. The van der Waals surface area contributed by atoms with Gasteiger partial charge in [0.05, 0.1) is 13.2 Å². The Kier molecular flexibility index (Phi) is 5.89. The van der Waals surface area contributed by atoms with Gasteiger partial charge < -0.3 is 14.6 Å². The van der Waals surface area contributed by atoms with Crippen molar-refractivity contribution >= 4 is 0 Å². The molecule has 1 unspecified atom stereocenters. The summed E-state index contributed by atoms with van der Waals surface area (Å²) in [4.78, 5) is 2.48. The molecule has 1 aromatic heterocycles. The number of rotatable bonds is 7. The van der Waals surface area contributed by atoms with E-state index in [-0.39, 0.29) is 0 Å². The lowest BCUT2D eigenvalue weighted by Gasteiger charge is -2.26. The standard InChI is InChI=1S/C15H27N3O/c1-3-15(16-4-2)14-5-6-18(13-14)8-7-17-9-11-19-12-10-17/h5-6,13,15-16H,3-4,7-12H2,1-2H3. The van der Waals surface area contributed by atoms with Crippen molar-refractivity contribution in [1.82, 2.24) is 14.8 Å². The molecule has 1 atom stereocenters. The van der Waals surface area contributed by atoms with Gasteiger partial charge in [-0.2, -0.15) is 0 Å². The fourth-order valence-corrected chi connectivity index (χ4v) is 2.63. The van der Waals surface area contributed by atoms with Crippen LogP contribution >= 0.6 is 0 Å². The van der Waals surface area contributed by atoms with Crippen molar-refractivity contribution in [2.24, 2.45) is 0 Å². The van der Waals surface area contributed by atoms with Crippen LogP contribution in [0, 0.1) is 0 Å². The molecule has 2 rings (SSSR count). The Balaban J connectivity index is 1.82. The third-order valence-corrected chi connectivity index (χ3v) is 3.81. The van der Waals surface area contributed by atoms with Gasteiger partial charge in [-0.3, -0.25) is 4.90 Å². The number of morpholine rings is 1. The van der Waals surface area contributed by atoms with Crippen LogP contribution in [0.25, 0.3) is 0 Å². The molecule has 1 saturated heterocycles. The Morgan fingerprint density at radius 1 is 1.26 bits per heavy atom. The van der Waals surface area contributed by atoms with Gasteiger partial charge in [-0.1, -0.05) is 13.8 Å². The number of hydrogen-bond acceptors (Lipinski definition) is 3. The highest BCUT2D eigenvalue weighted by atomic mass is 16.5. The van der Waals surface area contributed by atoms with E-state index >= 15 is 0 Å². The number of aromatic nitrogens is 1. The monoisotopic (exact) mass is 265 g/mol. The van der Waals surface area contributed by atoms with E-state index in [2.05, 4.69) is 47.1 Å². The summed E-state index contributed by atoms with van der Waals surface area (Å²) in [6, 6.07) is 2.74. The molecule has 0 spiro atoms. The highest BCUT2D eigenvalue weighted by Crippen LogP contribution is 2.16. The molecule has 1 aliphatic heterocycles. The second-order valence-electron chi connectivity index (χ2n) is 5.16. The van der Waals surface area contributed by atoms with E-state index in [0.29, 0.717) is 6.04 Å². The van der Waals surface area contributed by atoms with Crippen molar-refractivity contribution in [3.8, 4) is 0 Å². The van der Waals surface area contributed by atoms with E-state index in [9.17, 15) is 0 Å². The molecule has 1 aliphatic rings. The van der Waals surface area contributed by atoms with Crippen LogP contribution in [-0.2, 0) is 11.3 Å². The van der Waals surface area contributed by atoms with Gasteiger partial charge in [-0.15, -0.1) is 0 Å². The normalized spacial score (nSPS) is 18.6. The van der Waals surface area contributed by atoms with Crippen molar-refractivity contribution in [2.75, 3.05) is 39.4 Å². The lowest BCUT2D eigenvalue weighted by Crippen LogP contribution is -2.38. The molecule has 0 aliphatic carbocycles. The Labute approximate surface area is 116 Å². The number of nitrogens with one attached hydrogen (secondary N) is 1. The minimum absolute atomic E-state index is 0.495. The third kappa shape index (κ3) is 4.34. The summed E-state index contributed by atoms with van der Waals surface area (Å²) in [6.45, 7) is 11.5. The highest BCUT2D eigenvalue weighted by Gasteiger charge is 2.11. The molecule has 0 radical (unpaired) electrons. The largest absolute Gasteiger partial charge is 0.379 e.